The monoisotopic (exact) mass is 564 g/mol. The maximum absolute atomic E-state index is 11.5. The van der Waals surface area contributed by atoms with Crippen molar-refractivity contribution < 1.29 is 38.4 Å². The predicted octanol–water partition coefficient (Wildman–Crippen LogP) is 6.72. The molecule has 1 N–H and O–H groups in total. The fourth-order valence-electron chi connectivity index (χ4n) is 6.03. The van der Waals surface area contributed by atoms with Gasteiger partial charge >= 0.3 is 11.9 Å². The standard InChI is InChI=1S/C32H52O8/c1-3-4-10-19-31(2,40-30-14-9-12-23-37-30)20-17-26-18-21-32(38-24-25-39-32)27(26)13-8-6-5-7-11-22-36-29(35)16-15-28(33)34/h6,8,17,20,26-27,30H,3-5,7,9-16,18-19,21-25H2,1-2H3,(H,33,34)/b8-6-,20-17+/t26-,27+,30?,31-/m0/s1. The van der Waals surface area contributed by atoms with Gasteiger partial charge in [-0.15, -0.1) is 0 Å². The maximum Gasteiger partial charge on any atom is 0.306 e. The summed E-state index contributed by atoms with van der Waals surface area (Å²) in [6.07, 6.45) is 21.9. The van der Waals surface area contributed by atoms with E-state index in [4.69, 9.17) is 28.8 Å². The zero-order chi connectivity index (χ0) is 28.7. The second-order valence-electron chi connectivity index (χ2n) is 11.7. The van der Waals surface area contributed by atoms with Gasteiger partial charge in [-0.1, -0.05) is 50.5 Å². The lowest BCUT2D eigenvalue weighted by atomic mass is 9.87. The summed E-state index contributed by atoms with van der Waals surface area (Å²) in [7, 11) is 0. The third-order valence-corrected chi connectivity index (χ3v) is 8.32. The molecule has 2 heterocycles. The Balaban J connectivity index is 1.52. The smallest absolute Gasteiger partial charge is 0.306 e. The molecule has 40 heavy (non-hydrogen) atoms. The van der Waals surface area contributed by atoms with E-state index in [0.717, 1.165) is 77.2 Å². The first-order chi connectivity index (χ1) is 19.4. The molecule has 2 aliphatic heterocycles. The highest BCUT2D eigenvalue weighted by molar-refractivity contribution is 5.76. The van der Waals surface area contributed by atoms with Gasteiger partial charge in [0.25, 0.3) is 0 Å². The fourth-order valence-corrected chi connectivity index (χ4v) is 6.03. The number of carboxylic acids is 1. The second kappa shape index (κ2) is 17.3. The van der Waals surface area contributed by atoms with Crippen molar-refractivity contribution in [2.75, 3.05) is 26.4 Å². The minimum absolute atomic E-state index is 0.0729. The van der Waals surface area contributed by atoms with Crippen LogP contribution in [0.2, 0.25) is 0 Å². The average molecular weight is 565 g/mol. The van der Waals surface area contributed by atoms with Crippen molar-refractivity contribution in [3.8, 4) is 0 Å². The number of rotatable bonds is 18. The van der Waals surface area contributed by atoms with Crippen LogP contribution in [0.25, 0.3) is 0 Å². The molecule has 2 saturated heterocycles. The number of allylic oxidation sites excluding steroid dienone is 3. The molecule has 0 amide bonds. The zero-order valence-corrected chi connectivity index (χ0v) is 24.8. The third-order valence-electron chi connectivity index (χ3n) is 8.32. The van der Waals surface area contributed by atoms with Crippen molar-refractivity contribution in [2.24, 2.45) is 11.8 Å². The number of hydrogen-bond acceptors (Lipinski definition) is 7. The Bertz CT molecular complexity index is 812. The number of carbonyl (C=O) groups is 2. The van der Waals surface area contributed by atoms with Crippen molar-refractivity contribution >= 4 is 11.9 Å². The first-order valence-corrected chi connectivity index (χ1v) is 15.6. The largest absolute Gasteiger partial charge is 0.481 e. The minimum Gasteiger partial charge on any atom is -0.481 e. The Morgan fingerprint density at radius 1 is 1.02 bits per heavy atom. The molecular formula is C32H52O8. The van der Waals surface area contributed by atoms with E-state index >= 15 is 0 Å². The van der Waals surface area contributed by atoms with E-state index in [1.807, 2.05) is 0 Å². The Morgan fingerprint density at radius 2 is 1.85 bits per heavy atom. The summed E-state index contributed by atoms with van der Waals surface area (Å²) in [4.78, 5) is 22.1. The molecule has 4 atom stereocenters. The first kappa shape index (κ1) is 32.8. The van der Waals surface area contributed by atoms with Crippen LogP contribution in [0.4, 0.5) is 0 Å². The quantitative estimate of drug-likeness (QED) is 0.111. The average Bonchev–Trinajstić information content (AvgIpc) is 3.55. The minimum atomic E-state index is -0.986. The van der Waals surface area contributed by atoms with Gasteiger partial charge in [-0.3, -0.25) is 9.59 Å². The van der Waals surface area contributed by atoms with E-state index in [2.05, 4.69) is 38.2 Å². The molecule has 3 aliphatic rings. The Labute approximate surface area is 240 Å². The molecule has 8 nitrogen and oxygen atoms in total. The van der Waals surface area contributed by atoms with Crippen molar-refractivity contribution in [2.45, 2.75) is 128 Å². The molecule has 0 radical (unpaired) electrons. The van der Waals surface area contributed by atoms with E-state index in [-0.39, 0.29) is 30.7 Å². The molecule has 0 bridgehead atoms. The molecular weight excluding hydrogens is 512 g/mol. The van der Waals surface area contributed by atoms with E-state index in [1.165, 1.54) is 12.8 Å². The topological polar surface area (TPSA) is 101 Å². The lowest BCUT2D eigenvalue weighted by Gasteiger charge is -2.34. The first-order valence-electron chi connectivity index (χ1n) is 15.6. The summed E-state index contributed by atoms with van der Waals surface area (Å²) >= 11 is 0. The Morgan fingerprint density at radius 3 is 2.58 bits per heavy atom. The van der Waals surface area contributed by atoms with Crippen LogP contribution in [0.1, 0.15) is 110 Å². The highest BCUT2D eigenvalue weighted by atomic mass is 16.7. The van der Waals surface area contributed by atoms with Crippen molar-refractivity contribution in [1.29, 1.82) is 0 Å². The van der Waals surface area contributed by atoms with Gasteiger partial charge in [-0.05, 0) is 70.6 Å². The van der Waals surface area contributed by atoms with E-state index in [9.17, 15) is 9.59 Å². The van der Waals surface area contributed by atoms with Gasteiger partial charge in [-0.2, -0.15) is 0 Å². The highest BCUT2D eigenvalue weighted by Crippen LogP contribution is 2.48. The fraction of sp³-hybridized carbons (Fsp3) is 0.812. The molecule has 1 saturated carbocycles. The summed E-state index contributed by atoms with van der Waals surface area (Å²) in [5.74, 6) is -1.31. The number of carboxylic acid groups (broad SMARTS) is 1. The molecule has 1 unspecified atom stereocenters. The SMILES string of the molecule is CCCCC[C@@](C)(/C=C/[C@H]1CCC2(OCCO2)[C@@H]1C/C=C\CCCCOC(=O)CCC(=O)O)OC1CCCCO1. The van der Waals surface area contributed by atoms with Crippen LogP contribution in [0.15, 0.2) is 24.3 Å². The number of hydrogen-bond donors (Lipinski definition) is 1. The van der Waals surface area contributed by atoms with Gasteiger partial charge < -0.3 is 28.8 Å². The second-order valence-corrected chi connectivity index (χ2v) is 11.7. The van der Waals surface area contributed by atoms with E-state index < -0.39 is 17.7 Å². The molecule has 0 aromatic carbocycles. The van der Waals surface area contributed by atoms with Gasteiger partial charge in [0.2, 0.25) is 0 Å². The summed E-state index contributed by atoms with van der Waals surface area (Å²) in [6, 6.07) is 0. The lowest BCUT2D eigenvalue weighted by molar-refractivity contribution is -0.208. The molecule has 8 heteroatoms. The van der Waals surface area contributed by atoms with Crippen LogP contribution in [0.3, 0.4) is 0 Å². The van der Waals surface area contributed by atoms with Crippen LogP contribution >= 0.6 is 0 Å². The molecule has 228 valence electrons. The molecule has 0 aromatic rings. The summed E-state index contributed by atoms with van der Waals surface area (Å²) < 4.78 is 30.0. The van der Waals surface area contributed by atoms with E-state index in [1.54, 1.807) is 0 Å². The van der Waals surface area contributed by atoms with Crippen LogP contribution < -0.4 is 0 Å². The van der Waals surface area contributed by atoms with Crippen LogP contribution in [-0.4, -0.2) is 61.2 Å². The molecule has 1 spiro atoms. The normalized spacial score (nSPS) is 26.1. The van der Waals surface area contributed by atoms with Crippen molar-refractivity contribution in [3.05, 3.63) is 24.3 Å². The van der Waals surface area contributed by atoms with Crippen molar-refractivity contribution in [3.63, 3.8) is 0 Å². The van der Waals surface area contributed by atoms with Gasteiger partial charge in [0.1, 0.15) is 0 Å². The Hall–Kier alpha value is -1.74. The molecule has 3 fully saturated rings. The van der Waals surface area contributed by atoms with Crippen LogP contribution in [-0.2, 0) is 33.3 Å². The summed E-state index contributed by atoms with van der Waals surface area (Å²) in [6.45, 7) is 6.86. The van der Waals surface area contributed by atoms with Crippen LogP contribution in [0, 0.1) is 11.8 Å². The highest BCUT2D eigenvalue weighted by Gasteiger charge is 2.51. The molecule has 3 rings (SSSR count). The molecule has 0 aromatic heterocycles. The van der Waals surface area contributed by atoms with Gasteiger partial charge in [0, 0.05) is 18.9 Å². The van der Waals surface area contributed by atoms with Gasteiger partial charge in [0.15, 0.2) is 12.1 Å². The van der Waals surface area contributed by atoms with Gasteiger partial charge in [-0.25, -0.2) is 0 Å². The number of esters is 1. The van der Waals surface area contributed by atoms with Gasteiger partial charge in [0.05, 0.1) is 38.3 Å². The van der Waals surface area contributed by atoms with Crippen molar-refractivity contribution in [1.82, 2.24) is 0 Å². The molecule has 1 aliphatic carbocycles. The third kappa shape index (κ3) is 10.9. The number of unbranched alkanes of at least 4 members (excludes halogenated alkanes) is 4. The number of ether oxygens (including phenoxy) is 5. The Kier molecular flexibility index (Phi) is 14.1. The lowest BCUT2D eigenvalue weighted by Crippen LogP contribution is -2.37. The number of carbonyl (C=O) groups excluding carboxylic acids is 1. The number of aliphatic carboxylic acids is 1. The maximum atomic E-state index is 11.5. The zero-order valence-electron chi connectivity index (χ0n) is 24.8. The predicted molar refractivity (Wildman–Crippen MR) is 153 cm³/mol. The van der Waals surface area contributed by atoms with E-state index in [0.29, 0.717) is 25.7 Å². The summed E-state index contributed by atoms with van der Waals surface area (Å²) in [5.41, 5.74) is -0.345. The van der Waals surface area contributed by atoms with Crippen LogP contribution in [0.5, 0.6) is 0 Å². The summed E-state index contributed by atoms with van der Waals surface area (Å²) in [5, 5.41) is 8.64.